The van der Waals surface area contributed by atoms with E-state index in [-0.39, 0.29) is 18.1 Å². The van der Waals surface area contributed by atoms with Gasteiger partial charge < -0.3 is 10.0 Å². The van der Waals surface area contributed by atoms with Gasteiger partial charge in [-0.2, -0.15) is 0 Å². The second-order valence-electron chi connectivity index (χ2n) is 7.36. The molecule has 1 saturated heterocycles. The third kappa shape index (κ3) is 3.89. The van der Waals surface area contributed by atoms with Gasteiger partial charge in [0.25, 0.3) is 0 Å². The molecule has 1 atom stereocenters. The topological polar surface area (TPSA) is 68.7 Å². The van der Waals surface area contributed by atoms with Gasteiger partial charge in [-0.3, -0.25) is 10.2 Å². The molecule has 150 valence electrons. The molecule has 6 nitrogen and oxygen atoms in total. The summed E-state index contributed by atoms with van der Waals surface area (Å²) in [6.07, 6.45) is 3.53. The second-order valence-corrected chi connectivity index (χ2v) is 10.2. The standard InChI is InChI=1S/C19H23ClN4O2S2/c1-23-6-5-19(11-23)12-24(15-4-3-13(20)9-14(15)19)18(26)22-17-21-10-16(28-17)27-8-2-7-25/h3-4,9-10,25H,2,5-8,11-12H2,1H3,(H,21,22,26). The van der Waals surface area contributed by atoms with Crippen LogP contribution in [0, 0.1) is 0 Å². The first kappa shape index (κ1) is 20.0. The molecule has 4 rings (SSSR count). The highest BCUT2D eigenvalue weighted by Crippen LogP contribution is 2.47. The first-order valence-electron chi connectivity index (χ1n) is 9.27. The van der Waals surface area contributed by atoms with Crippen molar-refractivity contribution in [3.05, 3.63) is 35.0 Å². The summed E-state index contributed by atoms with van der Waals surface area (Å²) in [5.74, 6) is 0.836. The quantitative estimate of drug-likeness (QED) is 0.547. The number of nitrogens with one attached hydrogen (secondary N) is 1. The first-order valence-corrected chi connectivity index (χ1v) is 11.5. The number of carbonyl (C=O) groups excluding carboxylic acids is 1. The number of likely N-dealkylation sites (tertiary alicyclic amines) is 1. The number of anilines is 2. The molecule has 1 aromatic carbocycles. The van der Waals surface area contributed by atoms with Gasteiger partial charge in [0.2, 0.25) is 0 Å². The fourth-order valence-corrected chi connectivity index (χ4v) is 6.07. The maximum atomic E-state index is 13.0. The Balaban J connectivity index is 1.51. The van der Waals surface area contributed by atoms with Crippen LogP contribution in [0.3, 0.4) is 0 Å². The van der Waals surface area contributed by atoms with E-state index in [1.54, 1.807) is 18.0 Å². The van der Waals surface area contributed by atoms with Crippen LogP contribution in [0.15, 0.2) is 28.6 Å². The van der Waals surface area contributed by atoms with Crippen molar-refractivity contribution in [2.75, 3.05) is 49.3 Å². The fraction of sp³-hybridized carbons (Fsp3) is 0.474. The number of fused-ring (bicyclic) bond motifs is 2. The number of carbonyl (C=O) groups is 1. The molecule has 0 bridgehead atoms. The molecule has 9 heteroatoms. The van der Waals surface area contributed by atoms with Gasteiger partial charge in [-0.1, -0.05) is 22.9 Å². The van der Waals surface area contributed by atoms with E-state index in [9.17, 15) is 4.79 Å². The van der Waals surface area contributed by atoms with E-state index in [0.717, 1.165) is 41.6 Å². The van der Waals surface area contributed by atoms with Crippen LogP contribution in [0.1, 0.15) is 18.4 Å². The molecule has 2 aromatic rings. The zero-order chi connectivity index (χ0) is 19.7. The number of benzene rings is 1. The molecular weight excluding hydrogens is 416 g/mol. The Bertz CT molecular complexity index is 877. The molecule has 2 aliphatic rings. The van der Waals surface area contributed by atoms with Crippen LogP contribution in [0.5, 0.6) is 0 Å². The number of likely N-dealkylation sites (N-methyl/N-ethyl adjacent to an activating group) is 1. The van der Waals surface area contributed by atoms with Crippen molar-refractivity contribution >= 4 is 51.5 Å². The number of aliphatic hydroxyl groups is 1. The smallest absolute Gasteiger partial charge is 0.328 e. The summed E-state index contributed by atoms with van der Waals surface area (Å²) in [5.41, 5.74) is 2.05. The van der Waals surface area contributed by atoms with Crippen molar-refractivity contribution < 1.29 is 9.90 Å². The molecule has 2 amide bonds. The molecular formula is C19H23ClN4O2S2. The van der Waals surface area contributed by atoms with E-state index in [0.29, 0.717) is 16.7 Å². The van der Waals surface area contributed by atoms with Gasteiger partial charge in [0.1, 0.15) is 0 Å². The van der Waals surface area contributed by atoms with Crippen molar-refractivity contribution in [2.45, 2.75) is 22.5 Å². The van der Waals surface area contributed by atoms with Crippen molar-refractivity contribution in [1.29, 1.82) is 0 Å². The van der Waals surface area contributed by atoms with E-state index >= 15 is 0 Å². The lowest BCUT2D eigenvalue weighted by Crippen LogP contribution is -2.40. The zero-order valence-corrected chi connectivity index (χ0v) is 18.0. The second kappa shape index (κ2) is 8.20. The van der Waals surface area contributed by atoms with Gasteiger partial charge in [-0.15, -0.1) is 11.8 Å². The minimum absolute atomic E-state index is 0.0551. The van der Waals surface area contributed by atoms with Crippen LogP contribution < -0.4 is 10.2 Å². The molecule has 28 heavy (non-hydrogen) atoms. The summed E-state index contributed by atoms with van der Waals surface area (Å²) in [7, 11) is 2.12. The van der Waals surface area contributed by atoms with Crippen molar-refractivity contribution in [1.82, 2.24) is 9.88 Å². The van der Waals surface area contributed by atoms with Crippen LogP contribution in [-0.2, 0) is 5.41 Å². The Labute approximate surface area is 177 Å². The van der Waals surface area contributed by atoms with E-state index in [4.69, 9.17) is 16.7 Å². The molecule has 3 heterocycles. The van der Waals surface area contributed by atoms with Gasteiger partial charge in [0.05, 0.1) is 10.4 Å². The van der Waals surface area contributed by atoms with Crippen LogP contribution in [0.2, 0.25) is 5.02 Å². The van der Waals surface area contributed by atoms with Gasteiger partial charge in [0, 0.05) is 41.6 Å². The predicted molar refractivity (Wildman–Crippen MR) is 116 cm³/mol. The van der Waals surface area contributed by atoms with Crippen molar-refractivity contribution in [3.63, 3.8) is 0 Å². The summed E-state index contributed by atoms with van der Waals surface area (Å²) >= 11 is 9.38. The van der Waals surface area contributed by atoms with Gasteiger partial charge in [-0.25, -0.2) is 9.78 Å². The lowest BCUT2D eigenvalue weighted by Gasteiger charge is -2.25. The summed E-state index contributed by atoms with van der Waals surface area (Å²) < 4.78 is 1.03. The molecule has 2 aliphatic heterocycles. The normalized spacial score (nSPS) is 21.5. The number of aromatic nitrogens is 1. The third-order valence-electron chi connectivity index (χ3n) is 5.32. The number of urea groups is 1. The number of hydrogen-bond donors (Lipinski definition) is 2. The highest BCUT2D eigenvalue weighted by atomic mass is 35.5. The number of thioether (sulfide) groups is 1. The molecule has 0 saturated carbocycles. The highest BCUT2D eigenvalue weighted by molar-refractivity contribution is 8.01. The fourth-order valence-electron chi connectivity index (χ4n) is 4.03. The molecule has 0 radical (unpaired) electrons. The first-order chi connectivity index (χ1) is 13.5. The van der Waals surface area contributed by atoms with E-state index in [1.165, 1.54) is 16.9 Å². The molecule has 1 spiro atoms. The van der Waals surface area contributed by atoms with Gasteiger partial charge in [-0.05, 0) is 50.2 Å². The van der Waals surface area contributed by atoms with E-state index in [1.807, 2.05) is 23.1 Å². The average Bonchev–Trinajstić information content (AvgIpc) is 3.35. The van der Waals surface area contributed by atoms with Crippen LogP contribution in [0.25, 0.3) is 0 Å². The molecule has 1 unspecified atom stereocenters. The average molecular weight is 439 g/mol. The number of halogens is 1. The van der Waals surface area contributed by atoms with Crippen LogP contribution >= 0.6 is 34.7 Å². The van der Waals surface area contributed by atoms with Gasteiger partial charge >= 0.3 is 6.03 Å². The monoisotopic (exact) mass is 438 g/mol. The minimum Gasteiger partial charge on any atom is -0.396 e. The molecule has 1 fully saturated rings. The maximum absolute atomic E-state index is 13.0. The van der Waals surface area contributed by atoms with Crippen molar-refractivity contribution in [3.8, 4) is 0 Å². The van der Waals surface area contributed by atoms with Gasteiger partial charge in [0.15, 0.2) is 5.13 Å². The molecule has 1 aromatic heterocycles. The van der Waals surface area contributed by atoms with E-state index in [2.05, 4.69) is 22.2 Å². The summed E-state index contributed by atoms with van der Waals surface area (Å²) in [6, 6.07) is 5.65. The number of rotatable bonds is 5. The highest BCUT2D eigenvalue weighted by Gasteiger charge is 2.48. The number of thiazole rings is 1. The number of hydrogen-bond acceptors (Lipinski definition) is 6. The lowest BCUT2D eigenvalue weighted by atomic mass is 9.81. The number of nitrogens with zero attached hydrogens (tertiary/aromatic N) is 3. The summed E-state index contributed by atoms with van der Waals surface area (Å²) in [4.78, 5) is 21.5. The van der Waals surface area contributed by atoms with Crippen molar-refractivity contribution in [2.24, 2.45) is 0 Å². The summed E-state index contributed by atoms with van der Waals surface area (Å²) in [5, 5.41) is 13.1. The Morgan fingerprint density at radius 2 is 2.32 bits per heavy atom. The minimum atomic E-state index is -0.156. The molecule has 2 N–H and O–H groups in total. The van der Waals surface area contributed by atoms with Crippen LogP contribution in [-0.4, -0.2) is 60.1 Å². The SMILES string of the molecule is CN1CCC2(C1)CN(C(=O)Nc1ncc(SCCCO)s1)c1ccc(Cl)cc12. The summed E-state index contributed by atoms with van der Waals surface area (Å²) in [6.45, 7) is 2.78. The lowest BCUT2D eigenvalue weighted by molar-refractivity contribution is 0.256. The van der Waals surface area contributed by atoms with Crippen LogP contribution in [0.4, 0.5) is 15.6 Å². The Kier molecular flexibility index (Phi) is 5.85. The van der Waals surface area contributed by atoms with E-state index < -0.39 is 0 Å². The predicted octanol–water partition coefficient (Wildman–Crippen LogP) is 3.90. The Hall–Kier alpha value is -1.32. The Morgan fingerprint density at radius 1 is 1.46 bits per heavy atom. The largest absolute Gasteiger partial charge is 0.396 e. The zero-order valence-electron chi connectivity index (χ0n) is 15.7. The maximum Gasteiger partial charge on any atom is 0.328 e. The molecule has 0 aliphatic carbocycles. The Morgan fingerprint density at radius 3 is 3.07 bits per heavy atom. The third-order valence-corrected chi connectivity index (χ3v) is 7.75. The number of amides is 2. The number of aliphatic hydroxyl groups excluding tert-OH is 1.